The van der Waals surface area contributed by atoms with Gasteiger partial charge in [-0.3, -0.25) is 4.79 Å². The van der Waals surface area contributed by atoms with Crippen LogP contribution in [0.2, 0.25) is 0 Å². The lowest BCUT2D eigenvalue weighted by Crippen LogP contribution is -2.28. The summed E-state index contributed by atoms with van der Waals surface area (Å²) < 4.78 is 64.3. The molecule has 0 bridgehead atoms. The highest BCUT2D eigenvalue weighted by molar-refractivity contribution is 5.91. The molecule has 192 valence electrons. The molecule has 0 aliphatic heterocycles. The minimum absolute atomic E-state index is 0.0881. The van der Waals surface area contributed by atoms with Crippen LogP contribution in [0.5, 0.6) is 5.88 Å². The van der Waals surface area contributed by atoms with Gasteiger partial charge in [0.15, 0.2) is 11.6 Å². The zero-order chi connectivity index (χ0) is 26.2. The average molecular weight is 517 g/mol. The van der Waals surface area contributed by atoms with Crippen LogP contribution in [0, 0.1) is 5.82 Å². The van der Waals surface area contributed by atoms with Crippen LogP contribution in [0.25, 0.3) is 11.1 Å². The van der Waals surface area contributed by atoms with Gasteiger partial charge in [0.25, 0.3) is 0 Å². The zero-order valence-electron chi connectivity index (χ0n) is 19.2. The van der Waals surface area contributed by atoms with E-state index in [9.17, 15) is 22.4 Å². The number of anilines is 3. The number of H-pyrrole nitrogens is 1. The number of hydrogen-bond acceptors (Lipinski definition) is 8. The maximum absolute atomic E-state index is 14.7. The summed E-state index contributed by atoms with van der Waals surface area (Å²) in [6.07, 6.45) is -0.510. The van der Waals surface area contributed by atoms with Crippen LogP contribution in [0.15, 0.2) is 47.4 Å². The summed E-state index contributed by atoms with van der Waals surface area (Å²) in [4.78, 5) is 20.7. The van der Waals surface area contributed by atoms with Gasteiger partial charge in [-0.1, -0.05) is 17.3 Å². The molecule has 0 radical (unpaired) electrons. The number of hydrogen-bond donors (Lipinski definition) is 3. The summed E-state index contributed by atoms with van der Waals surface area (Å²) in [5.74, 6) is -1.13. The Hall–Kier alpha value is -4.49. The number of alkyl halides is 3. The number of nitrogens with zero attached hydrogens (tertiary/aromatic N) is 4. The van der Waals surface area contributed by atoms with Crippen molar-refractivity contribution in [1.82, 2.24) is 25.3 Å². The van der Waals surface area contributed by atoms with Gasteiger partial charge in [0.05, 0.1) is 19.7 Å². The Labute approximate surface area is 206 Å². The highest BCUT2D eigenvalue weighted by Gasteiger charge is 2.66. The molecule has 1 saturated carbocycles. The molecule has 37 heavy (non-hydrogen) atoms. The van der Waals surface area contributed by atoms with Crippen molar-refractivity contribution in [2.24, 2.45) is 0 Å². The van der Waals surface area contributed by atoms with Gasteiger partial charge in [-0.2, -0.15) is 18.3 Å². The van der Waals surface area contributed by atoms with E-state index in [0.717, 1.165) is 6.07 Å². The first-order valence-electron chi connectivity index (χ1n) is 11.0. The molecule has 0 spiro atoms. The van der Waals surface area contributed by atoms with Gasteiger partial charge in [-0.15, -0.1) is 0 Å². The van der Waals surface area contributed by atoms with Gasteiger partial charge >= 0.3 is 6.18 Å². The first kappa shape index (κ1) is 24.2. The summed E-state index contributed by atoms with van der Waals surface area (Å²) in [5.41, 5.74) is -0.400. The molecule has 3 heterocycles. The minimum Gasteiger partial charge on any atom is -0.480 e. The van der Waals surface area contributed by atoms with Gasteiger partial charge in [0, 0.05) is 24.0 Å². The molecule has 1 amide bonds. The molecule has 0 unspecified atom stereocenters. The number of amides is 1. The topological polar surface area (TPSA) is 131 Å². The Kier molecular flexibility index (Phi) is 6.01. The largest absolute Gasteiger partial charge is 0.480 e. The van der Waals surface area contributed by atoms with Gasteiger partial charge in [-0.25, -0.2) is 19.5 Å². The number of halogens is 4. The number of aromatic nitrogens is 5. The number of rotatable bonds is 8. The molecular weight excluding hydrogens is 498 g/mol. The van der Waals surface area contributed by atoms with Crippen LogP contribution < -0.4 is 15.4 Å². The Morgan fingerprint density at radius 3 is 2.57 bits per heavy atom. The van der Waals surface area contributed by atoms with E-state index in [2.05, 4.69) is 36.0 Å². The average Bonchev–Trinajstić information content (AvgIpc) is 3.37. The van der Waals surface area contributed by atoms with Crippen molar-refractivity contribution in [2.45, 2.75) is 30.9 Å². The molecular formula is C23H19F4N7O3. The zero-order valence-corrected chi connectivity index (χ0v) is 19.2. The number of ether oxygens (including phenoxy) is 1. The number of benzene rings is 1. The second-order valence-corrected chi connectivity index (χ2v) is 8.42. The van der Waals surface area contributed by atoms with Gasteiger partial charge in [0.2, 0.25) is 17.7 Å². The van der Waals surface area contributed by atoms with Crippen LogP contribution in [-0.2, 0) is 16.6 Å². The number of methoxy groups -OCH3 is 1. The summed E-state index contributed by atoms with van der Waals surface area (Å²) in [6.45, 7) is 0. The molecule has 3 aromatic heterocycles. The van der Waals surface area contributed by atoms with E-state index in [1.54, 1.807) is 6.07 Å². The second-order valence-electron chi connectivity index (χ2n) is 8.42. The molecule has 0 saturated heterocycles. The first-order valence-corrected chi connectivity index (χ1v) is 11.0. The quantitative estimate of drug-likeness (QED) is 0.291. The van der Waals surface area contributed by atoms with E-state index in [1.807, 2.05) is 0 Å². The molecule has 3 N–H and O–H groups in total. The van der Waals surface area contributed by atoms with Crippen LogP contribution in [0.4, 0.5) is 35.0 Å². The Balaban J connectivity index is 1.22. The van der Waals surface area contributed by atoms with E-state index < -0.39 is 23.3 Å². The minimum atomic E-state index is -4.46. The van der Waals surface area contributed by atoms with E-state index in [-0.39, 0.29) is 42.4 Å². The Bertz CT molecular complexity index is 1430. The first-order chi connectivity index (χ1) is 17.7. The molecule has 1 aliphatic carbocycles. The summed E-state index contributed by atoms with van der Waals surface area (Å²) in [5, 5.41) is 15.3. The van der Waals surface area contributed by atoms with Crippen molar-refractivity contribution in [2.75, 3.05) is 17.7 Å². The standard InChI is InChI=1S/C23H19F4N7O3/c1-36-20-16(11-30-33-20)31-21-28-9-14(10-29-21)12-2-3-13(15(24)6-12)7-19(35)32-18-8-17(37-34-18)22(4-5-22)23(25,26)27/h2-3,6,8-11H,4-5,7H2,1H3,(H,30,33)(H,28,29,31)(H,32,34,35). The van der Waals surface area contributed by atoms with Gasteiger partial charge < -0.3 is 19.9 Å². The van der Waals surface area contributed by atoms with Crippen LogP contribution >= 0.6 is 0 Å². The molecule has 1 aliphatic rings. The van der Waals surface area contributed by atoms with E-state index in [4.69, 9.17) is 9.26 Å². The van der Waals surface area contributed by atoms with Crippen molar-refractivity contribution in [1.29, 1.82) is 0 Å². The molecule has 1 aromatic carbocycles. The van der Waals surface area contributed by atoms with E-state index in [0.29, 0.717) is 22.7 Å². The normalized spacial score (nSPS) is 14.3. The highest BCUT2D eigenvalue weighted by Crippen LogP contribution is 2.59. The Morgan fingerprint density at radius 2 is 1.92 bits per heavy atom. The van der Waals surface area contributed by atoms with Crippen molar-refractivity contribution in [3.05, 3.63) is 60.0 Å². The number of nitrogens with one attached hydrogen (secondary N) is 3. The van der Waals surface area contributed by atoms with Crippen molar-refractivity contribution in [3.8, 4) is 17.0 Å². The summed E-state index contributed by atoms with van der Waals surface area (Å²) in [6, 6.07) is 5.33. The van der Waals surface area contributed by atoms with Crippen LogP contribution in [0.3, 0.4) is 0 Å². The van der Waals surface area contributed by atoms with Crippen molar-refractivity contribution < 1.29 is 31.6 Å². The summed E-state index contributed by atoms with van der Waals surface area (Å²) >= 11 is 0. The van der Waals surface area contributed by atoms with Crippen LogP contribution in [0.1, 0.15) is 24.2 Å². The van der Waals surface area contributed by atoms with Crippen LogP contribution in [-0.4, -0.2) is 44.5 Å². The lowest BCUT2D eigenvalue weighted by Gasteiger charge is -2.14. The van der Waals surface area contributed by atoms with E-state index >= 15 is 0 Å². The maximum Gasteiger partial charge on any atom is 0.401 e. The Morgan fingerprint density at radius 1 is 1.16 bits per heavy atom. The van der Waals surface area contributed by atoms with Gasteiger partial charge in [-0.05, 0) is 30.0 Å². The van der Waals surface area contributed by atoms with Crippen molar-refractivity contribution in [3.63, 3.8) is 0 Å². The SMILES string of the molecule is COc1[nH]ncc1Nc1ncc(-c2ccc(CC(=O)Nc3cc(C4(C(F)(F)F)CC4)on3)c(F)c2)cn1. The molecule has 5 rings (SSSR count). The van der Waals surface area contributed by atoms with Gasteiger partial charge in [0.1, 0.15) is 16.9 Å². The lowest BCUT2D eigenvalue weighted by molar-refractivity contribution is -0.165. The third-order valence-corrected chi connectivity index (χ3v) is 5.99. The summed E-state index contributed by atoms with van der Waals surface area (Å²) in [7, 11) is 1.48. The third kappa shape index (κ3) is 4.81. The number of carbonyl (C=O) groups excluding carboxylic acids is 1. The monoisotopic (exact) mass is 517 g/mol. The molecule has 4 aromatic rings. The fourth-order valence-corrected chi connectivity index (χ4v) is 3.77. The fourth-order valence-electron chi connectivity index (χ4n) is 3.77. The smallest absolute Gasteiger partial charge is 0.401 e. The van der Waals surface area contributed by atoms with E-state index in [1.165, 1.54) is 37.8 Å². The second kappa shape index (κ2) is 9.19. The fraction of sp³-hybridized carbons (Fsp3) is 0.261. The van der Waals surface area contributed by atoms with Crippen molar-refractivity contribution >= 4 is 23.4 Å². The molecule has 1 fully saturated rings. The predicted octanol–water partition coefficient (Wildman–Crippen LogP) is 4.52. The maximum atomic E-state index is 14.7. The molecule has 0 atom stereocenters. The number of aromatic amines is 1. The highest BCUT2D eigenvalue weighted by atomic mass is 19.4. The molecule has 10 nitrogen and oxygen atoms in total. The third-order valence-electron chi connectivity index (χ3n) is 5.99. The lowest BCUT2D eigenvalue weighted by atomic mass is 10.0. The molecule has 14 heteroatoms. The predicted molar refractivity (Wildman–Crippen MR) is 122 cm³/mol. The number of carbonyl (C=O) groups is 1.